The lowest BCUT2D eigenvalue weighted by atomic mass is 9.86. The molecule has 5 rings (SSSR count). The molecule has 0 spiro atoms. The van der Waals surface area contributed by atoms with E-state index >= 15 is 0 Å². The Morgan fingerprint density at radius 2 is 1.69 bits per heavy atom. The highest BCUT2D eigenvalue weighted by atomic mass is 16.5. The number of H-pyrrole nitrogens is 1. The van der Waals surface area contributed by atoms with Crippen molar-refractivity contribution in [3.63, 3.8) is 0 Å². The summed E-state index contributed by atoms with van der Waals surface area (Å²) in [6, 6.07) is 10.6. The maximum atomic E-state index is 13.3. The second kappa shape index (κ2) is 7.47. The molecular weight excluding hydrogens is 410 g/mol. The zero-order valence-electron chi connectivity index (χ0n) is 18.5. The van der Waals surface area contributed by atoms with Crippen LogP contribution in [0.15, 0.2) is 36.4 Å². The van der Waals surface area contributed by atoms with E-state index in [2.05, 4.69) is 4.98 Å². The third kappa shape index (κ3) is 2.82. The second-order valence-corrected chi connectivity index (χ2v) is 8.14. The van der Waals surface area contributed by atoms with Crippen LogP contribution < -0.4 is 14.2 Å². The van der Waals surface area contributed by atoms with E-state index in [-0.39, 0.29) is 18.4 Å². The van der Waals surface area contributed by atoms with Gasteiger partial charge in [0.25, 0.3) is 0 Å². The lowest BCUT2D eigenvalue weighted by Crippen LogP contribution is -2.62. The van der Waals surface area contributed by atoms with E-state index in [0.29, 0.717) is 23.7 Å². The Bertz CT molecular complexity index is 1210. The minimum atomic E-state index is -0.572. The fraction of sp³-hybridized carbons (Fsp3) is 0.333. The maximum absolute atomic E-state index is 13.3. The lowest BCUT2D eigenvalue weighted by molar-refractivity contribution is -0.157. The van der Waals surface area contributed by atoms with Crippen molar-refractivity contribution in [3.8, 4) is 17.2 Å². The molecule has 3 aromatic rings. The minimum Gasteiger partial charge on any atom is -0.493 e. The molecule has 3 heterocycles. The Kier molecular flexibility index (Phi) is 4.73. The van der Waals surface area contributed by atoms with Gasteiger partial charge >= 0.3 is 0 Å². The molecule has 166 valence electrons. The van der Waals surface area contributed by atoms with Gasteiger partial charge in [0.15, 0.2) is 11.5 Å². The average Bonchev–Trinajstić information content (AvgIpc) is 3.18. The second-order valence-electron chi connectivity index (χ2n) is 8.14. The van der Waals surface area contributed by atoms with Gasteiger partial charge in [-0.1, -0.05) is 18.2 Å². The Balaban J connectivity index is 1.78. The first kappa shape index (κ1) is 20.2. The summed E-state index contributed by atoms with van der Waals surface area (Å²) in [5.41, 5.74) is 3.71. The Hall–Kier alpha value is -3.68. The third-order valence-electron chi connectivity index (χ3n) is 6.46. The molecule has 1 N–H and O–H groups in total. The first-order valence-corrected chi connectivity index (χ1v) is 10.4. The molecule has 1 unspecified atom stereocenters. The molecule has 1 saturated heterocycles. The molecule has 1 fully saturated rings. The Morgan fingerprint density at radius 1 is 1.00 bits per heavy atom. The molecule has 0 aliphatic carbocycles. The number of carbonyl (C=O) groups is 2. The number of aromatic nitrogens is 1. The van der Waals surface area contributed by atoms with Crippen LogP contribution >= 0.6 is 0 Å². The van der Waals surface area contributed by atoms with E-state index in [1.807, 2.05) is 36.4 Å². The number of aromatic amines is 1. The fourth-order valence-corrected chi connectivity index (χ4v) is 5.01. The van der Waals surface area contributed by atoms with Gasteiger partial charge in [0.05, 0.1) is 33.9 Å². The third-order valence-corrected chi connectivity index (χ3v) is 6.46. The highest BCUT2D eigenvalue weighted by molar-refractivity contribution is 5.97. The number of likely N-dealkylation sites (N-methyl/N-ethyl adjacent to an activating group) is 1. The van der Waals surface area contributed by atoms with E-state index in [1.54, 1.807) is 33.3 Å². The van der Waals surface area contributed by atoms with Gasteiger partial charge in [0, 0.05) is 30.1 Å². The smallest absolute Gasteiger partial charge is 0.245 e. The van der Waals surface area contributed by atoms with E-state index in [1.165, 1.54) is 4.90 Å². The summed E-state index contributed by atoms with van der Waals surface area (Å²) >= 11 is 0. The van der Waals surface area contributed by atoms with Gasteiger partial charge in [-0.25, -0.2) is 0 Å². The quantitative estimate of drug-likeness (QED) is 0.681. The largest absolute Gasteiger partial charge is 0.493 e. The van der Waals surface area contributed by atoms with Crippen LogP contribution in [0, 0.1) is 0 Å². The summed E-state index contributed by atoms with van der Waals surface area (Å²) < 4.78 is 16.6. The van der Waals surface area contributed by atoms with Crippen LogP contribution in [0.25, 0.3) is 10.9 Å². The molecule has 0 radical (unpaired) electrons. The van der Waals surface area contributed by atoms with E-state index in [9.17, 15) is 9.59 Å². The summed E-state index contributed by atoms with van der Waals surface area (Å²) in [5.74, 6) is 1.31. The summed E-state index contributed by atoms with van der Waals surface area (Å²) in [4.78, 5) is 33.1. The number of benzene rings is 2. The number of ether oxygens (including phenoxy) is 3. The first-order chi connectivity index (χ1) is 15.5. The van der Waals surface area contributed by atoms with Crippen molar-refractivity contribution >= 4 is 22.7 Å². The normalized spacial score (nSPS) is 20.2. The molecule has 8 heteroatoms. The number of para-hydroxylation sites is 1. The topological polar surface area (TPSA) is 84.1 Å². The lowest BCUT2D eigenvalue weighted by Gasteiger charge is -2.46. The Morgan fingerprint density at radius 3 is 2.34 bits per heavy atom. The number of carbonyl (C=O) groups excluding carboxylic acids is 2. The molecule has 2 aromatic carbocycles. The monoisotopic (exact) mass is 435 g/mol. The van der Waals surface area contributed by atoms with Gasteiger partial charge in [-0.15, -0.1) is 0 Å². The fourth-order valence-electron chi connectivity index (χ4n) is 5.01. The van der Waals surface area contributed by atoms with Gasteiger partial charge in [-0.2, -0.15) is 0 Å². The van der Waals surface area contributed by atoms with Crippen LogP contribution in [0.5, 0.6) is 17.2 Å². The molecule has 2 atom stereocenters. The van der Waals surface area contributed by atoms with Crippen molar-refractivity contribution in [2.24, 2.45) is 0 Å². The summed E-state index contributed by atoms with van der Waals surface area (Å²) in [5, 5.41) is 1.06. The Labute approximate surface area is 185 Å². The number of methoxy groups -OCH3 is 3. The number of nitrogens with one attached hydrogen (secondary N) is 1. The van der Waals surface area contributed by atoms with Crippen LogP contribution in [-0.2, 0) is 16.0 Å². The average molecular weight is 435 g/mol. The van der Waals surface area contributed by atoms with Crippen LogP contribution in [-0.4, -0.2) is 67.6 Å². The zero-order chi connectivity index (χ0) is 22.6. The molecule has 0 bridgehead atoms. The SMILES string of the molecule is COc1cc(C2c3[nH]c4ccccc4c3C[C@@H]3C(=O)N(C)CC(=O)N23)cc(OC)c1OC. The molecule has 32 heavy (non-hydrogen) atoms. The van der Waals surface area contributed by atoms with Crippen molar-refractivity contribution in [2.75, 3.05) is 34.9 Å². The number of hydrogen-bond donors (Lipinski definition) is 1. The first-order valence-electron chi connectivity index (χ1n) is 10.4. The molecule has 2 aliphatic rings. The van der Waals surface area contributed by atoms with Gasteiger partial charge in [0.1, 0.15) is 6.04 Å². The minimum absolute atomic E-state index is 0.0474. The van der Waals surface area contributed by atoms with E-state index in [4.69, 9.17) is 14.2 Å². The summed E-state index contributed by atoms with van der Waals surface area (Å²) in [6.45, 7) is 0.0474. The van der Waals surface area contributed by atoms with Crippen LogP contribution in [0.1, 0.15) is 22.9 Å². The van der Waals surface area contributed by atoms with Gasteiger partial charge in [-0.05, 0) is 29.3 Å². The van der Waals surface area contributed by atoms with Crippen molar-refractivity contribution < 1.29 is 23.8 Å². The standard InChI is InChI=1S/C24H25N3O5/c1-26-12-20(28)27-17(24(26)29)11-15-14-7-5-6-8-16(14)25-21(15)22(27)13-9-18(30-2)23(32-4)19(10-13)31-3/h5-10,17,22,25H,11-12H2,1-4H3/t17-,22?/m1/s1. The van der Waals surface area contributed by atoms with Crippen LogP contribution in [0.2, 0.25) is 0 Å². The van der Waals surface area contributed by atoms with Crippen molar-refractivity contribution in [2.45, 2.75) is 18.5 Å². The summed E-state index contributed by atoms with van der Waals surface area (Å²) in [6.07, 6.45) is 0.467. The van der Waals surface area contributed by atoms with Crippen LogP contribution in [0.4, 0.5) is 0 Å². The number of piperazine rings is 1. The number of fused-ring (bicyclic) bond motifs is 4. The molecule has 8 nitrogen and oxygen atoms in total. The highest BCUT2D eigenvalue weighted by Gasteiger charge is 2.47. The number of hydrogen-bond acceptors (Lipinski definition) is 5. The molecular formula is C24H25N3O5. The van der Waals surface area contributed by atoms with E-state index < -0.39 is 12.1 Å². The molecule has 1 aromatic heterocycles. The molecule has 2 aliphatic heterocycles. The number of amides is 2. The van der Waals surface area contributed by atoms with Crippen molar-refractivity contribution in [3.05, 3.63) is 53.2 Å². The number of rotatable bonds is 4. The van der Waals surface area contributed by atoms with E-state index in [0.717, 1.165) is 27.7 Å². The van der Waals surface area contributed by atoms with Crippen molar-refractivity contribution in [1.29, 1.82) is 0 Å². The predicted octanol–water partition coefficient (Wildman–Crippen LogP) is 2.51. The van der Waals surface area contributed by atoms with Gasteiger partial charge in [0.2, 0.25) is 17.6 Å². The maximum Gasteiger partial charge on any atom is 0.245 e. The van der Waals surface area contributed by atoms with Crippen molar-refractivity contribution in [1.82, 2.24) is 14.8 Å². The number of nitrogens with zero attached hydrogens (tertiary/aromatic N) is 2. The predicted molar refractivity (Wildman–Crippen MR) is 118 cm³/mol. The molecule has 0 saturated carbocycles. The zero-order valence-corrected chi connectivity index (χ0v) is 18.5. The van der Waals surface area contributed by atoms with Gasteiger partial charge < -0.3 is 29.0 Å². The molecule has 2 amide bonds. The van der Waals surface area contributed by atoms with Gasteiger partial charge in [-0.3, -0.25) is 9.59 Å². The summed E-state index contributed by atoms with van der Waals surface area (Å²) in [7, 11) is 6.35. The van der Waals surface area contributed by atoms with Crippen LogP contribution in [0.3, 0.4) is 0 Å². The highest BCUT2D eigenvalue weighted by Crippen LogP contribution is 2.46.